The van der Waals surface area contributed by atoms with Gasteiger partial charge in [0.25, 0.3) is 0 Å². The highest BCUT2D eigenvalue weighted by Crippen LogP contribution is 2.44. The van der Waals surface area contributed by atoms with Crippen molar-refractivity contribution in [3.8, 4) is 0 Å². The van der Waals surface area contributed by atoms with Crippen molar-refractivity contribution in [2.75, 3.05) is 6.61 Å². The molecule has 4 rings (SSSR count). The van der Waals surface area contributed by atoms with E-state index in [1.54, 1.807) is 24.3 Å². The van der Waals surface area contributed by atoms with Gasteiger partial charge in [-0.3, -0.25) is 0 Å². The van der Waals surface area contributed by atoms with Gasteiger partial charge in [0.2, 0.25) is 0 Å². The zero-order chi connectivity index (χ0) is 18.5. The third-order valence-electron chi connectivity index (χ3n) is 4.64. The van der Waals surface area contributed by atoms with Crippen LogP contribution in [0.1, 0.15) is 38.1 Å². The van der Waals surface area contributed by atoms with E-state index in [0.29, 0.717) is 5.56 Å². The van der Waals surface area contributed by atoms with E-state index >= 15 is 0 Å². The summed E-state index contributed by atoms with van der Waals surface area (Å²) in [5, 5.41) is 0. The average Bonchev–Trinajstić information content (AvgIpc) is 3.07. The Bertz CT molecular complexity index is 672. The van der Waals surface area contributed by atoms with Crippen molar-refractivity contribution in [3.63, 3.8) is 0 Å². The van der Waals surface area contributed by atoms with Crippen LogP contribution in [0.5, 0.6) is 0 Å². The third kappa shape index (κ3) is 3.37. The molecule has 5 atom stereocenters. The van der Waals surface area contributed by atoms with Gasteiger partial charge in [-0.05, 0) is 39.8 Å². The molecule has 3 aliphatic rings. The fourth-order valence-corrected chi connectivity index (χ4v) is 3.64. The quantitative estimate of drug-likeness (QED) is 0.762. The molecule has 3 fully saturated rings. The van der Waals surface area contributed by atoms with Crippen LogP contribution in [0.4, 0.5) is 0 Å². The Morgan fingerprint density at radius 2 is 1.54 bits per heavy atom. The molecule has 0 bridgehead atoms. The predicted octanol–water partition coefficient (Wildman–Crippen LogP) is 2.24. The summed E-state index contributed by atoms with van der Waals surface area (Å²) in [6, 6.07) is 8.83. The molecule has 0 N–H and O–H groups in total. The Morgan fingerprint density at radius 3 is 2.27 bits per heavy atom. The second-order valence-electron chi connectivity index (χ2n) is 7.67. The summed E-state index contributed by atoms with van der Waals surface area (Å²) in [6.45, 7) is 7.38. The SMILES string of the molecule is CC1(C)OC2C3OC(C)(C)O[C@H]3C(COC(=O)c3ccccc3)O[C@@H]2O1. The molecule has 1 aromatic rings. The van der Waals surface area contributed by atoms with Gasteiger partial charge >= 0.3 is 5.97 Å². The Kier molecular flexibility index (Phi) is 4.32. The smallest absolute Gasteiger partial charge is 0.338 e. The highest BCUT2D eigenvalue weighted by Gasteiger charge is 2.60. The number of hydrogen-bond donors (Lipinski definition) is 0. The van der Waals surface area contributed by atoms with Crippen LogP contribution in [0.3, 0.4) is 0 Å². The molecule has 3 heterocycles. The molecule has 142 valence electrons. The summed E-state index contributed by atoms with van der Waals surface area (Å²) in [5.41, 5.74) is 0.489. The van der Waals surface area contributed by atoms with Gasteiger partial charge in [-0.25, -0.2) is 4.79 Å². The van der Waals surface area contributed by atoms with Crippen LogP contribution in [0, 0.1) is 0 Å². The fourth-order valence-electron chi connectivity index (χ4n) is 3.64. The molecule has 1 aromatic carbocycles. The fraction of sp³-hybridized carbons (Fsp3) is 0.632. The molecule has 26 heavy (non-hydrogen) atoms. The second kappa shape index (κ2) is 6.28. The Labute approximate surface area is 152 Å². The van der Waals surface area contributed by atoms with Crippen molar-refractivity contribution in [3.05, 3.63) is 35.9 Å². The summed E-state index contributed by atoms with van der Waals surface area (Å²) < 4.78 is 35.3. The van der Waals surface area contributed by atoms with Crippen molar-refractivity contribution in [1.29, 1.82) is 0 Å². The van der Waals surface area contributed by atoms with Crippen LogP contribution >= 0.6 is 0 Å². The summed E-state index contributed by atoms with van der Waals surface area (Å²) in [4.78, 5) is 12.2. The van der Waals surface area contributed by atoms with Crippen LogP contribution in [0.25, 0.3) is 0 Å². The first kappa shape index (κ1) is 17.9. The molecular formula is C19H24O7. The van der Waals surface area contributed by atoms with E-state index in [1.807, 2.05) is 33.8 Å². The van der Waals surface area contributed by atoms with Crippen molar-refractivity contribution in [1.82, 2.24) is 0 Å². The van der Waals surface area contributed by atoms with Crippen LogP contribution in [-0.4, -0.2) is 54.9 Å². The van der Waals surface area contributed by atoms with Gasteiger partial charge in [0, 0.05) is 0 Å². The molecule has 7 heteroatoms. The minimum absolute atomic E-state index is 0.0430. The van der Waals surface area contributed by atoms with Gasteiger partial charge in [0.15, 0.2) is 17.9 Å². The molecular weight excluding hydrogens is 340 g/mol. The summed E-state index contributed by atoms with van der Waals surface area (Å²) in [7, 11) is 0. The third-order valence-corrected chi connectivity index (χ3v) is 4.64. The summed E-state index contributed by atoms with van der Waals surface area (Å²) >= 11 is 0. The lowest BCUT2D eigenvalue weighted by Gasteiger charge is -2.36. The maximum Gasteiger partial charge on any atom is 0.338 e. The van der Waals surface area contributed by atoms with Gasteiger partial charge in [0.05, 0.1) is 5.56 Å². The molecule has 0 aliphatic carbocycles. The summed E-state index contributed by atoms with van der Waals surface area (Å²) in [6.07, 6.45) is -2.26. The number of ether oxygens (including phenoxy) is 6. The summed E-state index contributed by atoms with van der Waals surface area (Å²) in [5.74, 6) is -1.95. The van der Waals surface area contributed by atoms with E-state index in [4.69, 9.17) is 28.4 Å². The highest BCUT2D eigenvalue weighted by molar-refractivity contribution is 5.89. The van der Waals surface area contributed by atoms with Crippen molar-refractivity contribution >= 4 is 5.97 Å². The molecule has 0 radical (unpaired) electrons. The van der Waals surface area contributed by atoms with Gasteiger partial charge in [-0.2, -0.15) is 0 Å². The van der Waals surface area contributed by atoms with Crippen LogP contribution in [0.15, 0.2) is 30.3 Å². The molecule has 7 nitrogen and oxygen atoms in total. The maximum atomic E-state index is 12.2. The zero-order valence-electron chi connectivity index (χ0n) is 15.3. The zero-order valence-corrected chi connectivity index (χ0v) is 15.3. The van der Waals surface area contributed by atoms with Gasteiger partial charge < -0.3 is 28.4 Å². The highest BCUT2D eigenvalue weighted by atomic mass is 16.9. The van der Waals surface area contributed by atoms with E-state index in [9.17, 15) is 4.79 Å². The number of carbonyl (C=O) groups excluding carboxylic acids is 1. The van der Waals surface area contributed by atoms with Crippen molar-refractivity contribution < 1.29 is 33.2 Å². The van der Waals surface area contributed by atoms with Crippen LogP contribution in [0.2, 0.25) is 0 Å². The molecule has 3 aliphatic heterocycles. The Hall–Kier alpha value is -1.51. The van der Waals surface area contributed by atoms with E-state index in [0.717, 1.165) is 0 Å². The minimum Gasteiger partial charge on any atom is -0.459 e. The molecule has 0 amide bonds. The average molecular weight is 364 g/mol. The molecule has 3 saturated heterocycles. The molecule has 0 aromatic heterocycles. The second-order valence-corrected chi connectivity index (χ2v) is 7.67. The molecule has 0 saturated carbocycles. The lowest BCUT2D eigenvalue weighted by atomic mass is 9.99. The van der Waals surface area contributed by atoms with E-state index in [1.165, 1.54) is 0 Å². The van der Waals surface area contributed by atoms with Gasteiger partial charge in [0.1, 0.15) is 31.0 Å². The number of esters is 1. The number of hydrogen-bond acceptors (Lipinski definition) is 7. The van der Waals surface area contributed by atoms with E-state index in [-0.39, 0.29) is 12.7 Å². The topological polar surface area (TPSA) is 72.5 Å². The lowest BCUT2D eigenvalue weighted by molar-refractivity contribution is -0.240. The standard InChI is InChI=1S/C19H24O7/c1-18(2)23-13-12(10-21-16(20)11-8-6-5-7-9-11)22-17-15(14(13)24-18)25-19(3,4)26-17/h5-9,12-15,17H,10H2,1-4H3/t12?,13-,14?,15?,17+/m0/s1. The minimum atomic E-state index is -0.772. The number of benzene rings is 1. The van der Waals surface area contributed by atoms with Crippen molar-refractivity contribution in [2.45, 2.75) is 70.0 Å². The largest absolute Gasteiger partial charge is 0.459 e. The Balaban J connectivity index is 1.48. The lowest BCUT2D eigenvalue weighted by Crippen LogP contribution is -2.56. The first-order chi connectivity index (χ1) is 12.2. The first-order valence-electron chi connectivity index (χ1n) is 8.83. The monoisotopic (exact) mass is 364 g/mol. The maximum absolute atomic E-state index is 12.2. The normalized spacial score (nSPS) is 37.0. The van der Waals surface area contributed by atoms with E-state index in [2.05, 4.69) is 0 Å². The van der Waals surface area contributed by atoms with Gasteiger partial charge in [-0.15, -0.1) is 0 Å². The van der Waals surface area contributed by atoms with Crippen LogP contribution < -0.4 is 0 Å². The first-order valence-corrected chi connectivity index (χ1v) is 8.83. The van der Waals surface area contributed by atoms with E-state index < -0.39 is 42.1 Å². The molecule has 3 unspecified atom stereocenters. The number of carbonyl (C=O) groups is 1. The van der Waals surface area contributed by atoms with Crippen LogP contribution in [-0.2, 0) is 28.4 Å². The Morgan fingerprint density at radius 1 is 0.923 bits per heavy atom. The number of fused-ring (bicyclic) bond motifs is 3. The van der Waals surface area contributed by atoms with Gasteiger partial charge in [-0.1, -0.05) is 18.2 Å². The molecule has 0 spiro atoms. The van der Waals surface area contributed by atoms with Crippen molar-refractivity contribution in [2.24, 2.45) is 0 Å². The predicted molar refractivity (Wildman–Crippen MR) is 89.2 cm³/mol. The number of rotatable bonds is 3.